The highest BCUT2D eigenvalue weighted by atomic mass is 79.9. The van der Waals surface area contributed by atoms with Gasteiger partial charge in [-0.1, -0.05) is 74.2 Å². The van der Waals surface area contributed by atoms with Crippen LogP contribution < -0.4 is 0 Å². The zero-order valence-corrected chi connectivity index (χ0v) is 19.9. The van der Waals surface area contributed by atoms with E-state index in [0.717, 1.165) is 25.7 Å². The fraction of sp³-hybridized carbons (Fsp3) is 0.600. The number of alkyl halides is 1. The van der Waals surface area contributed by atoms with E-state index in [-0.39, 0.29) is 0 Å². The van der Waals surface area contributed by atoms with Gasteiger partial charge in [0, 0.05) is 4.83 Å². The number of allylic oxidation sites excluding steroid dienone is 10. The van der Waals surface area contributed by atoms with Crippen molar-refractivity contribution in [2.75, 3.05) is 0 Å². The zero-order valence-electron chi connectivity index (χ0n) is 18.3. The third-order valence-electron chi connectivity index (χ3n) is 4.37. The number of hydrogen-bond donors (Lipinski definition) is 0. The molecular weight excluding hydrogens is 380 g/mol. The van der Waals surface area contributed by atoms with Crippen LogP contribution in [0, 0.1) is 0 Å². The highest BCUT2D eigenvalue weighted by Gasteiger charge is 2.00. The summed E-state index contributed by atoms with van der Waals surface area (Å²) in [6, 6.07) is 0. The van der Waals surface area contributed by atoms with Gasteiger partial charge in [0.15, 0.2) is 0 Å². The summed E-state index contributed by atoms with van der Waals surface area (Å²) in [5, 5.41) is 0. The smallest absolute Gasteiger partial charge is 0.0362 e. The Balaban J connectivity index is 4.19. The minimum absolute atomic E-state index is 0.450. The van der Waals surface area contributed by atoms with Crippen molar-refractivity contribution in [3.8, 4) is 0 Å². The van der Waals surface area contributed by atoms with E-state index in [0.29, 0.717) is 4.83 Å². The Labute approximate surface area is 172 Å². The van der Waals surface area contributed by atoms with E-state index < -0.39 is 0 Å². The van der Waals surface area contributed by atoms with Crippen LogP contribution in [0.4, 0.5) is 0 Å². The van der Waals surface area contributed by atoms with Crippen molar-refractivity contribution in [3.05, 3.63) is 58.2 Å². The third-order valence-corrected chi connectivity index (χ3v) is 5.01. The molecule has 1 heteroatoms. The van der Waals surface area contributed by atoms with E-state index in [9.17, 15) is 0 Å². The second-order valence-electron chi connectivity index (χ2n) is 8.04. The van der Waals surface area contributed by atoms with Gasteiger partial charge in [-0.05, 0) is 93.4 Å². The molecule has 0 N–H and O–H groups in total. The molecule has 0 heterocycles. The van der Waals surface area contributed by atoms with Crippen LogP contribution in [-0.4, -0.2) is 4.83 Å². The molecule has 0 radical (unpaired) electrons. The molecule has 0 aromatic heterocycles. The monoisotopic (exact) mass is 420 g/mol. The largest absolute Gasteiger partial charge is 0.0856 e. The van der Waals surface area contributed by atoms with Gasteiger partial charge < -0.3 is 0 Å². The average Bonchev–Trinajstić information content (AvgIpc) is 2.52. The van der Waals surface area contributed by atoms with Gasteiger partial charge in [0.05, 0.1) is 0 Å². The van der Waals surface area contributed by atoms with Crippen molar-refractivity contribution in [3.63, 3.8) is 0 Å². The summed E-state index contributed by atoms with van der Waals surface area (Å²) < 4.78 is 0. The molecular formula is C25H41Br. The lowest BCUT2D eigenvalue weighted by Gasteiger charge is -2.06. The van der Waals surface area contributed by atoms with Gasteiger partial charge >= 0.3 is 0 Å². The van der Waals surface area contributed by atoms with Gasteiger partial charge in [-0.15, -0.1) is 0 Å². The molecule has 0 fully saturated rings. The predicted octanol–water partition coefficient (Wildman–Crippen LogP) is 9.25. The molecule has 0 spiro atoms. The summed E-state index contributed by atoms with van der Waals surface area (Å²) in [7, 11) is 0. The Morgan fingerprint density at radius 3 is 1.54 bits per heavy atom. The lowest BCUT2D eigenvalue weighted by Crippen LogP contribution is -1.93. The highest BCUT2D eigenvalue weighted by molar-refractivity contribution is 9.09. The summed E-state index contributed by atoms with van der Waals surface area (Å²) in [5.41, 5.74) is 7.32. The predicted molar refractivity (Wildman–Crippen MR) is 125 cm³/mol. The molecule has 0 aliphatic heterocycles. The standard InChI is InChI=1S/C25H41Br/c1-20(2)11-8-13-22(5)14-10-15-23(6)17-18-25(26)19-24(7)16-9-12-21(3)4/h11-12,14,17,19,25H,8-10,13,15-16,18H2,1-7H3. The quantitative estimate of drug-likeness (QED) is 0.218. The van der Waals surface area contributed by atoms with Crippen molar-refractivity contribution < 1.29 is 0 Å². The van der Waals surface area contributed by atoms with Gasteiger partial charge in [0.1, 0.15) is 0 Å². The van der Waals surface area contributed by atoms with Crippen LogP contribution in [0.3, 0.4) is 0 Å². The summed E-state index contributed by atoms with van der Waals surface area (Å²) in [6.07, 6.45) is 19.9. The minimum Gasteiger partial charge on any atom is -0.0856 e. The zero-order chi connectivity index (χ0) is 19.9. The Hall–Kier alpha value is -0.820. The Kier molecular flexibility index (Phi) is 14.8. The topological polar surface area (TPSA) is 0 Å². The average molecular weight is 422 g/mol. The molecule has 26 heavy (non-hydrogen) atoms. The fourth-order valence-electron chi connectivity index (χ4n) is 2.70. The minimum atomic E-state index is 0.450. The maximum atomic E-state index is 3.81. The lowest BCUT2D eigenvalue weighted by atomic mass is 10.0. The van der Waals surface area contributed by atoms with Crippen LogP contribution in [0.2, 0.25) is 0 Å². The van der Waals surface area contributed by atoms with E-state index >= 15 is 0 Å². The van der Waals surface area contributed by atoms with Crippen LogP contribution in [0.25, 0.3) is 0 Å². The van der Waals surface area contributed by atoms with Gasteiger partial charge in [-0.3, -0.25) is 0 Å². The third kappa shape index (κ3) is 16.6. The summed E-state index contributed by atoms with van der Waals surface area (Å²) in [6.45, 7) is 15.4. The van der Waals surface area contributed by atoms with Crippen molar-refractivity contribution in [1.82, 2.24) is 0 Å². The molecule has 0 rings (SSSR count). The normalized spacial score (nSPS) is 14.2. The van der Waals surface area contributed by atoms with Gasteiger partial charge in [0.25, 0.3) is 0 Å². The number of hydrogen-bond acceptors (Lipinski definition) is 0. The maximum absolute atomic E-state index is 3.81. The second-order valence-corrected chi connectivity index (χ2v) is 9.22. The van der Waals surface area contributed by atoms with E-state index in [2.05, 4.69) is 94.8 Å². The van der Waals surface area contributed by atoms with Crippen LogP contribution in [0.1, 0.15) is 93.4 Å². The molecule has 0 saturated carbocycles. The fourth-order valence-corrected chi connectivity index (χ4v) is 3.34. The molecule has 0 aromatic rings. The van der Waals surface area contributed by atoms with Crippen molar-refractivity contribution >= 4 is 15.9 Å². The van der Waals surface area contributed by atoms with Crippen molar-refractivity contribution in [2.45, 2.75) is 98.2 Å². The molecule has 0 saturated heterocycles. The Morgan fingerprint density at radius 2 is 1.04 bits per heavy atom. The number of rotatable bonds is 12. The molecule has 1 unspecified atom stereocenters. The molecule has 0 bridgehead atoms. The van der Waals surface area contributed by atoms with Crippen LogP contribution in [-0.2, 0) is 0 Å². The summed E-state index contributed by atoms with van der Waals surface area (Å²) in [5.74, 6) is 0. The van der Waals surface area contributed by atoms with Gasteiger partial charge in [-0.2, -0.15) is 0 Å². The molecule has 0 aromatic carbocycles. The van der Waals surface area contributed by atoms with Gasteiger partial charge in [0.2, 0.25) is 0 Å². The summed E-state index contributed by atoms with van der Waals surface area (Å²) >= 11 is 3.81. The van der Waals surface area contributed by atoms with Gasteiger partial charge in [-0.25, -0.2) is 0 Å². The molecule has 0 aliphatic rings. The van der Waals surface area contributed by atoms with E-state index in [1.165, 1.54) is 47.1 Å². The van der Waals surface area contributed by atoms with Crippen LogP contribution in [0.5, 0.6) is 0 Å². The first-order valence-electron chi connectivity index (χ1n) is 10.1. The first-order valence-corrected chi connectivity index (χ1v) is 11.0. The highest BCUT2D eigenvalue weighted by Crippen LogP contribution is 2.17. The second kappa shape index (κ2) is 15.3. The van der Waals surface area contributed by atoms with Crippen molar-refractivity contribution in [1.29, 1.82) is 0 Å². The maximum Gasteiger partial charge on any atom is 0.0362 e. The van der Waals surface area contributed by atoms with E-state index in [1.54, 1.807) is 0 Å². The lowest BCUT2D eigenvalue weighted by molar-refractivity contribution is 0.906. The molecule has 148 valence electrons. The number of halogens is 1. The van der Waals surface area contributed by atoms with E-state index in [4.69, 9.17) is 0 Å². The molecule has 1 atom stereocenters. The Bertz CT molecular complexity index is 533. The van der Waals surface area contributed by atoms with Crippen LogP contribution in [0.15, 0.2) is 58.2 Å². The SMILES string of the molecule is CC(C)=CCCC(C)=CCCC(C)=CCC(Br)C=C(C)CCC=C(C)C. The summed E-state index contributed by atoms with van der Waals surface area (Å²) in [4.78, 5) is 0.450. The Morgan fingerprint density at radius 1 is 0.615 bits per heavy atom. The van der Waals surface area contributed by atoms with E-state index in [1.807, 2.05) is 0 Å². The van der Waals surface area contributed by atoms with Crippen LogP contribution >= 0.6 is 15.9 Å². The molecule has 0 amide bonds. The van der Waals surface area contributed by atoms with Crippen molar-refractivity contribution in [2.24, 2.45) is 0 Å². The molecule has 0 aliphatic carbocycles. The first kappa shape index (κ1) is 25.2. The first-order chi connectivity index (χ1) is 12.2. The molecule has 0 nitrogen and oxygen atoms in total.